The van der Waals surface area contributed by atoms with Crippen molar-refractivity contribution in [2.45, 2.75) is 46.6 Å². The van der Waals surface area contributed by atoms with Crippen molar-refractivity contribution >= 4 is 5.78 Å². The number of hydrogen-bond donors (Lipinski definition) is 0. The van der Waals surface area contributed by atoms with E-state index in [1.54, 1.807) is 0 Å². The second-order valence-electron chi connectivity index (χ2n) is 3.17. The van der Waals surface area contributed by atoms with Gasteiger partial charge in [-0.25, -0.2) is 0 Å². The summed E-state index contributed by atoms with van der Waals surface area (Å²) in [4.78, 5) is 13.2. The summed E-state index contributed by atoms with van der Waals surface area (Å²) in [5, 5.41) is 0. The molecule has 0 unspecified atom stereocenters. The summed E-state index contributed by atoms with van der Waals surface area (Å²) in [5.74, 6) is 0.428. The van der Waals surface area contributed by atoms with E-state index >= 15 is 0 Å². The van der Waals surface area contributed by atoms with Gasteiger partial charge in [0.05, 0.1) is 0 Å². The van der Waals surface area contributed by atoms with Crippen LogP contribution in [0.4, 0.5) is 0 Å². The molecule has 1 rings (SSSR count). The minimum atomic E-state index is 0.428. The van der Waals surface area contributed by atoms with Crippen LogP contribution in [0.25, 0.3) is 0 Å². The van der Waals surface area contributed by atoms with Gasteiger partial charge in [0.1, 0.15) is 5.78 Å². The van der Waals surface area contributed by atoms with Gasteiger partial charge in [0.15, 0.2) is 0 Å². The van der Waals surface area contributed by atoms with Gasteiger partial charge in [-0.1, -0.05) is 13.8 Å². The summed E-state index contributed by atoms with van der Waals surface area (Å²) in [6, 6.07) is 0.605. The van der Waals surface area contributed by atoms with Gasteiger partial charge in [0, 0.05) is 32.0 Å². The van der Waals surface area contributed by atoms with Crippen LogP contribution < -0.4 is 0 Å². The lowest BCUT2D eigenvalue weighted by Gasteiger charge is -2.29. The first-order valence-electron chi connectivity index (χ1n) is 4.96. The molecule has 0 aromatic carbocycles. The molecule has 2 heteroatoms. The predicted octanol–water partition coefficient (Wildman–Crippen LogP) is 2.09. The minimum Gasteiger partial charge on any atom is -0.300 e. The number of hydrogen-bond acceptors (Lipinski definition) is 2. The molecule has 0 aromatic rings. The second kappa shape index (κ2) is 6.18. The van der Waals surface area contributed by atoms with Crippen molar-refractivity contribution in [2.75, 3.05) is 13.1 Å². The highest BCUT2D eigenvalue weighted by Gasteiger charge is 2.17. The third-order valence-corrected chi connectivity index (χ3v) is 2.09. The van der Waals surface area contributed by atoms with E-state index in [1.807, 2.05) is 13.8 Å². The Morgan fingerprint density at radius 1 is 1.17 bits per heavy atom. The Bertz CT molecular complexity index is 122. The number of Topliss-reactive ketones (excluding diaryl/α,β-unsaturated/α-hetero) is 1. The average Bonchev–Trinajstić information content (AvgIpc) is 2.09. The van der Waals surface area contributed by atoms with Crippen LogP contribution in [0.2, 0.25) is 0 Å². The Labute approximate surface area is 75.9 Å². The van der Waals surface area contributed by atoms with Crippen LogP contribution in [-0.2, 0) is 4.79 Å². The lowest BCUT2D eigenvalue weighted by Crippen LogP contribution is -2.38. The van der Waals surface area contributed by atoms with Crippen molar-refractivity contribution in [3.05, 3.63) is 0 Å². The van der Waals surface area contributed by atoms with Gasteiger partial charge in [-0.05, 0) is 13.8 Å². The van der Waals surface area contributed by atoms with Crippen molar-refractivity contribution in [1.82, 2.24) is 4.90 Å². The molecule has 1 aliphatic rings. The summed E-state index contributed by atoms with van der Waals surface area (Å²) in [5.41, 5.74) is 0. The standard InChI is InChI=1S/C8H15NO.C2H6/c1-7(2)9-5-3-8(10)4-6-9;1-2/h7H,3-6H2,1-2H3;1-2H3. The zero-order chi connectivity index (χ0) is 9.56. The first-order chi connectivity index (χ1) is 5.70. The molecule has 2 nitrogen and oxygen atoms in total. The van der Waals surface area contributed by atoms with E-state index in [4.69, 9.17) is 0 Å². The first-order valence-corrected chi connectivity index (χ1v) is 4.96. The minimum absolute atomic E-state index is 0.428. The number of rotatable bonds is 1. The summed E-state index contributed by atoms with van der Waals surface area (Å²) < 4.78 is 0. The van der Waals surface area contributed by atoms with Crippen LogP contribution in [0.3, 0.4) is 0 Å². The van der Waals surface area contributed by atoms with Gasteiger partial charge in [-0.15, -0.1) is 0 Å². The summed E-state index contributed by atoms with van der Waals surface area (Å²) in [6.07, 6.45) is 1.52. The third-order valence-electron chi connectivity index (χ3n) is 2.09. The molecule has 1 saturated heterocycles. The molecule has 1 heterocycles. The fraction of sp³-hybridized carbons (Fsp3) is 0.900. The van der Waals surface area contributed by atoms with E-state index in [2.05, 4.69) is 18.7 Å². The zero-order valence-corrected chi connectivity index (χ0v) is 8.76. The van der Waals surface area contributed by atoms with Crippen LogP contribution in [0.15, 0.2) is 0 Å². The van der Waals surface area contributed by atoms with Crippen molar-refractivity contribution in [1.29, 1.82) is 0 Å². The van der Waals surface area contributed by atoms with Crippen molar-refractivity contribution in [3.8, 4) is 0 Å². The Hall–Kier alpha value is -0.370. The maximum atomic E-state index is 10.8. The Kier molecular flexibility index (Phi) is 5.99. The molecule has 0 spiro atoms. The number of carbonyl (C=O) groups excluding carboxylic acids is 1. The fourth-order valence-electron chi connectivity index (χ4n) is 1.29. The summed E-state index contributed by atoms with van der Waals surface area (Å²) in [7, 11) is 0. The van der Waals surface area contributed by atoms with Crippen LogP contribution >= 0.6 is 0 Å². The van der Waals surface area contributed by atoms with Gasteiger partial charge in [-0.3, -0.25) is 4.79 Å². The molecule has 1 aliphatic heterocycles. The number of likely N-dealkylation sites (tertiary alicyclic amines) is 1. The largest absolute Gasteiger partial charge is 0.300 e. The van der Waals surface area contributed by atoms with Gasteiger partial charge >= 0.3 is 0 Å². The van der Waals surface area contributed by atoms with E-state index < -0.39 is 0 Å². The molecule has 0 amide bonds. The Morgan fingerprint density at radius 3 is 1.92 bits per heavy atom. The third kappa shape index (κ3) is 3.86. The number of piperidine rings is 1. The first kappa shape index (κ1) is 11.6. The number of ketones is 1. The molecule has 72 valence electrons. The zero-order valence-electron chi connectivity index (χ0n) is 8.76. The number of nitrogens with zero attached hydrogens (tertiary/aromatic N) is 1. The van der Waals surface area contributed by atoms with E-state index in [-0.39, 0.29) is 0 Å². The quantitative estimate of drug-likeness (QED) is 0.602. The molecule has 0 saturated carbocycles. The van der Waals surface area contributed by atoms with E-state index in [0.29, 0.717) is 11.8 Å². The summed E-state index contributed by atoms with van der Waals surface area (Å²) >= 11 is 0. The lowest BCUT2D eigenvalue weighted by atomic mass is 10.1. The number of carbonyl (C=O) groups is 1. The van der Waals surface area contributed by atoms with Gasteiger partial charge < -0.3 is 4.90 Å². The maximum Gasteiger partial charge on any atom is 0.135 e. The highest BCUT2D eigenvalue weighted by molar-refractivity contribution is 5.79. The molecule has 0 N–H and O–H groups in total. The molecular formula is C10H21NO. The molecular weight excluding hydrogens is 150 g/mol. The highest BCUT2D eigenvalue weighted by Crippen LogP contribution is 2.08. The second-order valence-corrected chi connectivity index (χ2v) is 3.17. The fourth-order valence-corrected chi connectivity index (χ4v) is 1.29. The SMILES string of the molecule is CC.CC(C)N1CCC(=O)CC1. The van der Waals surface area contributed by atoms with Crippen LogP contribution in [0.5, 0.6) is 0 Å². The molecule has 0 aliphatic carbocycles. The van der Waals surface area contributed by atoms with Crippen LogP contribution in [-0.4, -0.2) is 29.8 Å². The highest BCUT2D eigenvalue weighted by atomic mass is 16.1. The molecule has 0 radical (unpaired) electrons. The van der Waals surface area contributed by atoms with Crippen LogP contribution in [0.1, 0.15) is 40.5 Å². The van der Waals surface area contributed by atoms with Gasteiger partial charge in [0.25, 0.3) is 0 Å². The molecule has 1 fully saturated rings. The Morgan fingerprint density at radius 2 is 1.58 bits per heavy atom. The normalized spacial score (nSPS) is 18.9. The summed E-state index contributed by atoms with van der Waals surface area (Å²) in [6.45, 7) is 10.3. The monoisotopic (exact) mass is 171 g/mol. The molecule has 0 aromatic heterocycles. The van der Waals surface area contributed by atoms with Crippen LogP contribution in [0, 0.1) is 0 Å². The molecule has 0 bridgehead atoms. The smallest absolute Gasteiger partial charge is 0.135 e. The van der Waals surface area contributed by atoms with Gasteiger partial charge in [-0.2, -0.15) is 0 Å². The van der Waals surface area contributed by atoms with Gasteiger partial charge in [0.2, 0.25) is 0 Å². The predicted molar refractivity (Wildman–Crippen MR) is 52.3 cm³/mol. The van der Waals surface area contributed by atoms with E-state index in [9.17, 15) is 4.79 Å². The Balaban J connectivity index is 0.000000561. The van der Waals surface area contributed by atoms with Crippen molar-refractivity contribution in [2.24, 2.45) is 0 Å². The van der Waals surface area contributed by atoms with E-state index in [1.165, 1.54) is 0 Å². The lowest BCUT2D eigenvalue weighted by molar-refractivity contribution is -0.121. The molecule has 12 heavy (non-hydrogen) atoms. The van der Waals surface area contributed by atoms with Crippen molar-refractivity contribution < 1.29 is 4.79 Å². The van der Waals surface area contributed by atoms with Crippen molar-refractivity contribution in [3.63, 3.8) is 0 Å². The molecule has 0 atom stereocenters. The average molecular weight is 171 g/mol. The topological polar surface area (TPSA) is 20.3 Å². The van der Waals surface area contributed by atoms with E-state index in [0.717, 1.165) is 25.9 Å². The maximum absolute atomic E-state index is 10.8.